The Bertz CT molecular complexity index is 771. The molecule has 2 N–H and O–H groups in total. The van der Waals surface area contributed by atoms with Crippen molar-refractivity contribution in [1.29, 1.82) is 0 Å². The molecule has 1 aliphatic rings. The molecule has 2 aromatic rings. The average molecular weight is 348 g/mol. The van der Waals surface area contributed by atoms with Crippen molar-refractivity contribution < 1.29 is 0 Å². The van der Waals surface area contributed by atoms with Crippen LogP contribution in [0.3, 0.4) is 0 Å². The molecule has 0 spiro atoms. The monoisotopic (exact) mass is 348 g/mol. The van der Waals surface area contributed by atoms with Gasteiger partial charge in [0.15, 0.2) is 5.96 Å². The molecule has 0 saturated heterocycles. The molecule has 0 aliphatic carbocycles. The lowest BCUT2D eigenvalue weighted by atomic mass is 10.1. The predicted octanol–water partition coefficient (Wildman–Crippen LogP) is 3.49. The Kier molecular flexibility index (Phi) is 6.31. The van der Waals surface area contributed by atoms with Crippen LogP contribution in [0.2, 0.25) is 0 Å². The summed E-state index contributed by atoms with van der Waals surface area (Å²) in [5.74, 6) is 0.823. The fourth-order valence-corrected chi connectivity index (χ4v) is 3.21. The van der Waals surface area contributed by atoms with Crippen molar-refractivity contribution in [2.24, 2.45) is 4.99 Å². The molecule has 0 radical (unpaired) electrons. The van der Waals surface area contributed by atoms with E-state index in [-0.39, 0.29) is 0 Å². The second-order valence-electron chi connectivity index (χ2n) is 6.45. The van der Waals surface area contributed by atoms with E-state index in [1.54, 1.807) is 0 Å². The number of nitrogens with zero attached hydrogens (tertiary/aromatic N) is 2. The van der Waals surface area contributed by atoms with Gasteiger partial charge in [0.2, 0.25) is 0 Å². The summed E-state index contributed by atoms with van der Waals surface area (Å²) in [5.41, 5.74) is 5.23. The van der Waals surface area contributed by atoms with Crippen LogP contribution in [0.15, 0.2) is 65.7 Å². The maximum absolute atomic E-state index is 4.35. The minimum atomic E-state index is 0.754. The molecule has 1 aliphatic heterocycles. The van der Waals surface area contributed by atoms with Gasteiger partial charge in [-0.05, 0) is 35.2 Å². The van der Waals surface area contributed by atoms with Crippen LogP contribution in [0.25, 0.3) is 0 Å². The molecule has 0 aromatic heterocycles. The highest BCUT2D eigenvalue weighted by atomic mass is 15.2. The lowest BCUT2D eigenvalue weighted by Gasteiger charge is -2.19. The highest BCUT2D eigenvalue weighted by Gasteiger charge is 2.08. The van der Waals surface area contributed by atoms with E-state index >= 15 is 0 Å². The van der Waals surface area contributed by atoms with E-state index in [4.69, 9.17) is 0 Å². The fraction of sp³-hybridized carbons (Fsp3) is 0.318. The van der Waals surface area contributed by atoms with Crippen LogP contribution in [-0.2, 0) is 19.5 Å². The second kappa shape index (κ2) is 9.09. The summed E-state index contributed by atoms with van der Waals surface area (Å²) >= 11 is 0. The van der Waals surface area contributed by atoms with E-state index in [1.807, 2.05) is 7.05 Å². The van der Waals surface area contributed by atoms with E-state index in [0.29, 0.717) is 0 Å². The van der Waals surface area contributed by atoms with Crippen molar-refractivity contribution in [3.63, 3.8) is 0 Å². The van der Waals surface area contributed by atoms with Crippen molar-refractivity contribution in [2.75, 3.05) is 25.0 Å². The molecule has 2 aromatic carbocycles. The van der Waals surface area contributed by atoms with Crippen molar-refractivity contribution in [2.45, 2.75) is 26.4 Å². The van der Waals surface area contributed by atoms with Crippen LogP contribution in [-0.4, -0.2) is 26.1 Å². The smallest absolute Gasteiger partial charge is 0.191 e. The Morgan fingerprint density at radius 1 is 0.962 bits per heavy atom. The molecule has 0 fully saturated rings. The third kappa shape index (κ3) is 4.66. The number of benzene rings is 2. The van der Waals surface area contributed by atoms with Gasteiger partial charge in [0.05, 0.1) is 0 Å². The molecule has 0 amide bonds. The Morgan fingerprint density at radius 3 is 2.42 bits per heavy atom. The minimum absolute atomic E-state index is 0.754. The molecule has 0 atom stereocenters. The van der Waals surface area contributed by atoms with Crippen molar-refractivity contribution >= 4 is 11.6 Å². The first-order chi connectivity index (χ1) is 12.8. The molecule has 3 rings (SSSR count). The largest absolute Gasteiger partial charge is 0.364 e. The number of hydrogen-bond acceptors (Lipinski definition) is 2. The first-order valence-corrected chi connectivity index (χ1v) is 9.30. The fourth-order valence-electron chi connectivity index (χ4n) is 3.21. The lowest BCUT2D eigenvalue weighted by molar-refractivity contribution is 0.802. The first-order valence-electron chi connectivity index (χ1n) is 9.30. The summed E-state index contributed by atoms with van der Waals surface area (Å²) < 4.78 is 0. The van der Waals surface area contributed by atoms with Crippen molar-refractivity contribution in [1.82, 2.24) is 10.6 Å². The molecule has 136 valence electrons. The van der Waals surface area contributed by atoms with Gasteiger partial charge in [-0.3, -0.25) is 4.99 Å². The number of aryl methyl sites for hydroxylation is 1. The van der Waals surface area contributed by atoms with Gasteiger partial charge < -0.3 is 15.5 Å². The molecule has 1 heterocycles. The van der Waals surface area contributed by atoms with Crippen LogP contribution in [0.1, 0.15) is 23.6 Å². The van der Waals surface area contributed by atoms with Crippen LogP contribution < -0.4 is 15.5 Å². The molecule has 0 saturated carbocycles. The number of rotatable bonds is 6. The quantitative estimate of drug-likeness (QED) is 0.477. The maximum Gasteiger partial charge on any atom is 0.191 e. The summed E-state index contributed by atoms with van der Waals surface area (Å²) in [6, 6.07) is 17.2. The zero-order valence-corrected chi connectivity index (χ0v) is 15.7. The van der Waals surface area contributed by atoms with Gasteiger partial charge in [0, 0.05) is 38.9 Å². The Morgan fingerprint density at radius 2 is 1.69 bits per heavy atom. The third-order valence-corrected chi connectivity index (χ3v) is 4.72. The van der Waals surface area contributed by atoms with Crippen LogP contribution in [0, 0.1) is 0 Å². The first kappa shape index (κ1) is 18.1. The summed E-state index contributed by atoms with van der Waals surface area (Å²) in [7, 11) is 1.81. The number of hydrogen-bond donors (Lipinski definition) is 2. The SMILES string of the molecule is CCc1ccccc1CNC(=NC)NCc1cccc(N2CC=CC2)c1. The normalized spacial score (nSPS) is 13.9. The van der Waals surface area contributed by atoms with Gasteiger partial charge in [-0.2, -0.15) is 0 Å². The number of nitrogens with one attached hydrogen (secondary N) is 2. The highest BCUT2D eigenvalue weighted by molar-refractivity contribution is 5.79. The Hall–Kier alpha value is -2.75. The van der Waals surface area contributed by atoms with Crippen LogP contribution >= 0.6 is 0 Å². The molecule has 4 heteroatoms. The van der Waals surface area contributed by atoms with Crippen molar-refractivity contribution in [3.8, 4) is 0 Å². The highest BCUT2D eigenvalue weighted by Crippen LogP contribution is 2.18. The summed E-state index contributed by atoms with van der Waals surface area (Å²) in [6.45, 7) is 5.72. The molecular formula is C22H28N4. The topological polar surface area (TPSA) is 39.7 Å². The van der Waals surface area contributed by atoms with Crippen LogP contribution in [0.4, 0.5) is 5.69 Å². The lowest BCUT2D eigenvalue weighted by Crippen LogP contribution is -2.36. The summed E-state index contributed by atoms with van der Waals surface area (Å²) in [4.78, 5) is 6.71. The zero-order chi connectivity index (χ0) is 18.2. The van der Waals surface area contributed by atoms with E-state index in [0.717, 1.165) is 38.6 Å². The maximum atomic E-state index is 4.35. The van der Waals surface area contributed by atoms with Gasteiger partial charge in [-0.15, -0.1) is 0 Å². The zero-order valence-electron chi connectivity index (χ0n) is 15.7. The summed E-state index contributed by atoms with van der Waals surface area (Å²) in [5, 5.41) is 6.83. The molecule has 0 bridgehead atoms. The summed E-state index contributed by atoms with van der Waals surface area (Å²) in [6.07, 6.45) is 5.47. The average Bonchev–Trinajstić information content (AvgIpc) is 3.23. The van der Waals surface area contributed by atoms with E-state index in [9.17, 15) is 0 Å². The van der Waals surface area contributed by atoms with Gasteiger partial charge in [0.1, 0.15) is 0 Å². The predicted molar refractivity (Wildman–Crippen MR) is 111 cm³/mol. The van der Waals surface area contributed by atoms with Gasteiger partial charge >= 0.3 is 0 Å². The van der Waals surface area contributed by atoms with E-state index in [2.05, 4.69) is 88.1 Å². The van der Waals surface area contributed by atoms with Gasteiger partial charge in [-0.1, -0.05) is 55.5 Å². The Balaban J connectivity index is 1.55. The number of anilines is 1. The third-order valence-electron chi connectivity index (χ3n) is 4.72. The number of aliphatic imine (C=N–C) groups is 1. The molecule has 26 heavy (non-hydrogen) atoms. The van der Waals surface area contributed by atoms with Gasteiger partial charge in [-0.25, -0.2) is 0 Å². The molecular weight excluding hydrogens is 320 g/mol. The Labute approximate surface area is 156 Å². The van der Waals surface area contributed by atoms with Crippen molar-refractivity contribution in [3.05, 3.63) is 77.4 Å². The number of guanidine groups is 1. The minimum Gasteiger partial charge on any atom is -0.364 e. The molecule has 0 unspecified atom stereocenters. The van der Waals surface area contributed by atoms with Gasteiger partial charge in [0.25, 0.3) is 0 Å². The van der Waals surface area contributed by atoms with E-state index < -0.39 is 0 Å². The van der Waals surface area contributed by atoms with E-state index in [1.165, 1.54) is 22.4 Å². The standard InChI is InChI=1S/C22H28N4/c1-3-19-10-4-5-11-20(19)17-25-22(23-2)24-16-18-9-8-12-21(15-18)26-13-6-7-14-26/h4-12,15H,3,13-14,16-17H2,1-2H3,(H2,23,24,25). The van der Waals surface area contributed by atoms with Crippen LogP contribution in [0.5, 0.6) is 0 Å². The molecule has 4 nitrogen and oxygen atoms in total. The second-order valence-corrected chi connectivity index (χ2v) is 6.45.